The summed E-state index contributed by atoms with van der Waals surface area (Å²) in [5.41, 5.74) is -0.794. The fourth-order valence-corrected chi connectivity index (χ4v) is 3.52. The van der Waals surface area contributed by atoms with Crippen LogP contribution in [0.4, 0.5) is 0 Å². The van der Waals surface area contributed by atoms with Gasteiger partial charge in [-0.1, -0.05) is 6.92 Å². The largest absolute Gasteiger partial charge is 0.480 e. The number of carboxylic acid groups (broad SMARTS) is 1. The van der Waals surface area contributed by atoms with Crippen LogP contribution in [-0.4, -0.2) is 57.1 Å². The lowest BCUT2D eigenvalue weighted by atomic mass is 9.98. The molecule has 6 heteroatoms. The second-order valence-corrected chi connectivity index (χ2v) is 6.18. The zero-order valence-corrected chi connectivity index (χ0v) is 11.6. The molecule has 0 spiro atoms. The first-order valence-electron chi connectivity index (χ1n) is 6.43. The van der Waals surface area contributed by atoms with Gasteiger partial charge in [0.05, 0.1) is 12.7 Å². The van der Waals surface area contributed by atoms with Gasteiger partial charge in [-0.05, 0) is 32.2 Å². The van der Waals surface area contributed by atoms with E-state index in [-0.39, 0.29) is 11.9 Å². The minimum atomic E-state index is -0.794. The maximum absolute atomic E-state index is 11.4. The molecule has 0 aromatic heterocycles. The van der Waals surface area contributed by atoms with Gasteiger partial charge in [0.25, 0.3) is 0 Å². The van der Waals surface area contributed by atoms with Gasteiger partial charge in [-0.15, -0.1) is 0 Å². The maximum atomic E-state index is 11.4. The minimum absolute atomic E-state index is 0.238. The van der Waals surface area contributed by atoms with Gasteiger partial charge < -0.3 is 20.6 Å². The highest BCUT2D eigenvalue weighted by Gasteiger charge is 2.45. The van der Waals surface area contributed by atoms with E-state index in [1.807, 2.05) is 6.92 Å². The summed E-state index contributed by atoms with van der Waals surface area (Å²) in [4.78, 5) is 11.4. The summed E-state index contributed by atoms with van der Waals surface area (Å²) in [6.07, 6.45) is 2.26. The third-order valence-electron chi connectivity index (χ3n) is 3.33. The van der Waals surface area contributed by atoms with Crippen molar-refractivity contribution in [1.29, 1.82) is 0 Å². The normalized spacial score (nSPS) is 29.4. The quantitative estimate of drug-likeness (QED) is 0.515. The Kier molecular flexibility index (Phi) is 6.42. The molecule has 0 amide bonds. The van der Waals surface area contributed by atoms with E-state index >= 15 is 0 Å². The minimum Gasteiger partial charge on any atom is -0.480 e. The zero-order valence-electron chi connectivity index (χ0n) is 10.8. The van der Waals surface area contributed by atoms with Crippen molar-refractivity contribution in [2.45, 2.75) is 49.5 Å². The van der Waals surface area contributed by atoms with Crippen LogP contribution in [0.25, 0.3) is 0 Å². The monoisotopic (exact) mass is 277 g/mol. The first-order chi connectivity index (χ1) is 8.54. The molecular formula is C12H23NO4S. The van der Waals surface area contributed by atoms with Crippen LogP contribution in [-0.2, 0) is 4.79 Å². The molecule has 3 unspecified atom stereocenters. The second kappa shape index (κ2) is 7.33. The van der Waals surface area contributed by atoms with Gasteiger partial charge in [0.1, 0.15) is 5.54 Å². The summed E-state index contributed by atoms with van der Waals surface area (Å²) in [7, 11) is 0. The van der Waals surface area contributed by atoms with E-state index in [0.29, 0.717) is 25.1 Å². The van der Waals surface area contributed by atoms with E-state index in [1.54, 1.807) is 11.8 Å². The molecule has 0 aromatic carbocycles. The van der Waals surface area contributed by atoms with Gasteiger partial charge in [0.15, 0.2) is 0 Å². The Balaban J connectivity index is 2.47. The Bertz CT molecular complexity index is 277. The van der Waals surface area contributed by atoms with Gasteiger partial charge in [-0.25, -0.2) is 0 Å². The Labute approximate surface area is 112 Å². The van der Waals surface area contributed by atoms with Gasteiger partial charge in [-0.2, -0.15) is 11.8 Å². The highest BCUT2D eigenvalue weighted by Crippen LogP contribution is 2.37. The molecule has 18 heavy (non-hydrogen) atoms. The molecule has 0 heterocycles. The van der Waals surface area contributed by atoms with Crippen molar-refractivity contribution in [3.8, 4) is 0 Å². The molecule has 0 saturated heterocycles. The molecule has 4 N–H and O–H groups in total. The molecule has 0 bridgehead atoms. The van der Waals surface area contributed by atoms with Gasteiger partial charge in [-0.3, -0.25) is 4.79 Å². The second-order valence-electron chi connectivity index (χ2n) is 4.85. The third kappa shape index (κ3) is 4.12. The van der Waals surface area contributed by atoms with Crippen molar-refractivity contribution in [3.05, 3.63) is 0 Å². The predicted octanol–water partition coefficient (Wildman–Crippen LogP) is 0.448. The van der Waals surface area contributed by atoms with Crippen LogP contribution in [0, 0.1) is 0 Å². The summed E-state index contributed by atoms with van der Waals surface area (Å²) in [5, 5.41) is 30.8. The average Bonchev–Trinajstić information content (AvgIpc) is 2.78. The highest BCUT2D eigenvalue weighted by atomic mass is 32.2. The zero-order chi connectivity index (χ0) is 13.6. The van der Waals surface area contributed by atoms with Gasteiger partial charge in [0.2, 0.25) is 0 Å². The third-order valence-corrected chi connectivity index (χ3v) is 4.78. The lowest BCUT2D eigenvalue weighted by Crippen LogP contribution is -2.50. The van der Waals surface area contributed by atoms with E-state index in [0.717, 1.165) is 12.8 Å². The SMILES string of the molecule is CCCNC1(C(=O)O)CCC(SCC(O)CO)C1. The molecule has 0 aromatic rings. The van der Waals surface area contributed by atoms with Crippen LogP contribution in [0.1, 0.15) is 32.6 Å². The Morgan fingerprint density at radius 2 is 2.33 bits per heavy atom. The fraction of sp³-hybridized carbons (Fsp3) is 0.917. The topological polar surface area (TPSA) is 89.8 Å². The number of hydrogen-bond acceptors (Lipinski definition) is 5. The van der Waals surface area contributed by atoms with Crippen LogP contribution in [0.15, 0.2) is 0 Å². The summed E-state index contributed by atoms with van der Waals surface area (Å²) in [5.74, 6) is -0.313. The number of carboxylic acids is 1. The van der Waals surface area contributed by atoms with Crippen LogP contribution >= 0.6 is 11.8 Å². The van der Waals surface area contributed by atoms with Crippen LogP contribution in [0.3, 0.4) is 0 Å². The van der Waals surface area contributed by atoms with Crippen LogP contribution in [0.2, 0.25) is 0 Å². The van der Waals surface area contributed by atoms with Crippen LogP contribution < -0.4 is 5.32 Å². The summed E-state index contributed by atoms with van der Waals surface area (Å²) >= 11 is 1.56. The summed E-state index contributed by atoms with van der Waals surface area (Å²) in [6, 6.07) is 0. The molecule has 106 valence electrons. The molecular weight excluding hydrogens is 254 g/mol. The first-order valence-corrected chi connectivity index (χ1v) is 7.48. The summed E-state index contributed by atoms with van der Waals surface area (Å²) in [6.45, 7) is 2.49. The van der Waals surface area contributed by atoms with Crippen molar-refractivity contribution in [2.24, 2.45) is 0 Å². The Morgan fingerprint density at radius 3 is 2.89 bits per heavy atom. The molecule has 5 nitrogen and oxygen atoms in total. The van der Waals surface area contributed by atoms with Crippen molar-refractivity contribution < 1.29 is 20.1 Å². The van der Waals surface area contributed by atoms with Gasteiger partial charge >= 0.3 is 5.97 Å². The van der Waals surface area contributed by atoms with E-state index in [9.17, 15) is 15.0 Å². The molecule has 1 aliphatic rings. The Hall–Kier alpha value is -0.300. The standard InChI is InChI=1S/C12H23NO4S/c1-2-5-13-12(11(16)17)4-3-10(6-12)18-8-9(15)7-14/h9-10,13-15H,2-8H2,1H3,(H,16,17). The first kappa shape index (κ1) is 15.8. The predicted molar refractivity (Wildman–Crippen MR) is 71.9 cm³/mol. The van der Waals surface area contributed by atoms with Crippen molar-refractivity contribution in [3.63, 3.8) is 0 Å². The number of thioether (sulfide) groups is 1. The molecule has 0 radical (unpaired) electrons. The fourth-order valence-electron chi connectivity index (χ4n) is 2.24. The summed E-state index contributed by atoms with van der Waals surface area (Å²) < 4.78 is 0. The molecule has 3 atom stereocenters. The van der Waals surface area contributed by atoms with E-state index in [1.165, 1.54) is 0 Å². The maximum Gasteiger partial charge on any atom is 0.323 e. The van der Waals surface area contributed by atoms with Gasteiger partial charge in [0, 0.05) is 11.0 Å². The molecule has 1 saturated carbocycles. The molecule has 1 fully saturated rings. The van der Waals surface area contributed by atoms with E-state index in [2.05, 4.69) is 5.32 Å². The number of aliphatic hydroxyl groups excluding tert-OH is 2. The number of aliphatic carboxylic acids is 1. The molecule has 1 rings (SSSR count). The Morgan fingerprint density at radius 1 is 1.61 bits per heavy atom. The average molecular weight is 277 g/mol. The van der Waals surface area contributed by atoms with Crippen molar-refractivity contribution in [2.75, 3.05) is 18.9 Å². The number of carbonyl (C=O) groups is 1. The van der Waals surface area contributed by atoms with E-state index in [4.69, 9.17) is 5.11 Å². The molecule has 1 aliphatic carbocycles. The number of nitrogens with one attached hydrogen (secondary N) is 1. The number of aliphatic hydroxyl groups is 2. The van der Waals surface area contributed by atoms with Crippen molar-refractivity contribution >= 4 is 17.7 Å². The highest BCUT2D eigenvalue weighted by molar-refractivity contribution is 7.99. The smallest absolute Gasteiger partial charge is 0.323 e. The van der Waals surface area contributed by atoms with Crippen LogP contribution in [0.5, 0.6) is 0 Å². The van der Waals surface area contributed by atoms with Crippen molar-refractivity contribution in [1.82, 2.24) is 5.32 Å². The number of rotatable bonds is 8. The van der Waals surface area contributed by atoms with E-state index < -0.39 is 17.6 Å². The number of hydrogen-bond donors (Lipinski definition) is 4. The lowest BCUT2D eigenvalue weighted by molar-refractivity contribution is -0.144. The molecule has 0 aliphatic heterocycles. The lowest BCUT2D eigenvalue weighted by Gasteiger charge is -2.26.